The van der Waals surface area contributed by atoms with Gasteiger partial charge in [0.25, 0.3) is 0 Å². The van der Waals surface area contributed by atoms with Crippen LogP contribution < -0.4 is 0 Å². The molecule has 0 fully saturated rings. The molecule has 0 aliphatic heterocycles. The van der Waals surface area contributed by atoms with Gasteiger partial charge in [-0.25, -0.2) is 0 Å². The molecule has 1 aromatic rings. The largest absolute Gasteiger partial charge is 0.469 e. The van der Waals surface area contributed by atoms with Gasteiger partial charge in [-0.15, -0.1) is 0 Å². The minimum Gasteiger partial charge on any atom is -0.469 e. The highest BCUT2D eigenvalue weighted by atomic mass is 28.3. The second kappa shape index (κ2) is 11.8. The molecule has 2 unspecified atom stereocenters. The number of hydrogen-bond donors (Lipinski definition) is 0. The topological polar surface area (TPSA) is 52.6 Å². The van der Waals surface area contributed by atoms with Crippen molar-refractivity contribution in [1.29, 1.82) is 0 Å². The summed E-state index contributed by atoms with van der Waals surface area (Å²) in [6, 6.07) is 10.5. The van der Waals surface area contributed by atoms with E-state index < -0.39 is 13.5 Å². The van der Waals surface area contributed by atoms with Crippen LogP contribution in [0, 0.1) is 10.8 Å². The average Bonchev–Trinajstić information content (AvgIpc) is 2.71. The van der Waals surface area contributed by atoms with Crippen LogP contribution in [0.1, 0.15) is 77.7 Å². The number of hydrogen-bond acceptors (Lipinski definition) is 4. The number of carbonyl (C=O) groups excluding carboxylic acids is 2. The normalized spacial score (nSPS) is 15.1. The van der Waals surface area contributed by atoms with Gasteiger partial charge in [-0.05, 0) is 55.9 Å². The van der Waals surface area contributed by atoms with E-state index >= 15 is 0 Å². The van der Waals surface area contributed by atoms with Crippen LogP contribution in [0.5, 0.6) is 0 Å². The summed E-state index contributed by atoms with van der Waals surface area (Å²) in [6.07, 6.45) is 5.12. The molecule has 0 N–H and O–H groups in total. The van der Waals surface area contributed by atoms with Gasteiger partial charge in [0.15, 0.2) is 0 Å². The summed E-state index contributed by atoms with van der Waals surface area (Å²) in [7, 11) is -0.0723. The molecule has 0 bridgehead atoms. The van der Waals surface area contributed by atoms with Gasteiger partial charge in [0, 0.05) is 0 Å². The number of benzene rings is 1. The van der Waals surface area contributed by atoms with E-state index in [0.717, 1.165) is 25.7 Å². The number of methoxy groups -OCH3 is 1. The number of rotatable bonds is 13. The van der Waals surface area contributed by atoms with E-state index in [-0.39, 0.29) is 17.4 Å². The van der Waals surface area contributed by atoms with E-state index in [1.807, 2.05) is 13.0 Å². The monoisotopic (exact) mass is 448 g/mol. The smallest absolute Gasteiger partial charge is 0.311 e. The molecule has 0 heterocycles. The Morgan fingerprint density at radius 1 is 1.00 bits per heavy atom. The molecule has 1 rings (SSSR count). The molecule has 0 radical (unpaired) electrons. The highest BCUT2D eigenvalue weighted by Crippen LogP contribution is 2.40. The molecule has 0 aliphatic carbocycles. The maximum Gasteiger partial charge on any atom is 0.311 e. The van der Waals surface area contributed by atoms with Crippen molar-refractivity contribution < 1.29 is 19.1 Å². The first kappa shape index (κ1) is 27.4. The van der Waals surface area contributed by atoms with Crippen LogP contribution in [0.15, 0.2) is 30.3 Å². The molecule has 0 spiro atoms. The van der Waals surface area contributed by atoms with Crippen molar-refractivity contribution in [2.45, 2.75) is 91.8 Å². The van der Waals surface area contributed by atoms with E-state index in [9.17, 15) is 9.59 Å². The Morgan fingerprint density at radius 2 is 1.61 bits per heavy atom. The van der Waals surface area contributed by atoms with E-state index in [1.165, 1.54) is 12.7 Å². The molecule has 0 aromatic heterocycles. The predicted molar refractivity (Wildman–Crippen MR) is 131 cm³/mol. The zero-order valence-electron chi connectivity index (χ0n) is 21.0. The SMILES string of the molecule is CCC(CCC(C)(CCC(C)(C)CC(=O)OC)C(=O)OC[Si](C)(C)C)c1ccccc1. The Kier molecular flexibility index (Phi) is 10.5. The van der Waals surface area contributed by atoms with Gasteiger partial charge >= 0.3 is 11.9 Å². The molecule has 5 heteroatoms. The number of ether oxygens (including phenoxy) is 2. The molecule has 0 amide bonds. The summed E-state index contributed by atoms with van der Waals surface area (Å²) >= 11 is 0. The Hall–Kier alpha value is -1.62. The Bertz CT molecular complexity index is 693. The quantitative estimate of drug-likeness (QED) is 0.247. The number of carbonyl (C=O) groups is 2. The Balaban J connectivity index is 2.95. The lowest BCUT2D eigenvalue weighted by Crippen LogP contribution is -2.37. The number of esters is 2. The molecular formula is C26H44O4Si. The van der Waals surface area contributed by atoms with Crippen molar-refractivity contribution in [2.75, 3.05) is 13.3 Å². The lowest BCUT2D eigenvalue weighted by atomic mass is 9.73. The summed E-state index contributed by atoms with van der Waals surface area (Å²) in [5.74, 6) is 0.128. The fraction of sp³-hybridized carbons (Fsp3) is 0.692. The average molecular weight is 449 g/mol. The van der Waals surface area contributed by atoms with Crippen LogP contribution in [0.2, 0.25) is 19.6 Å². The Labute approximate surface area is 191 Å². The fourth-order valence-electron chi connectivity index (χ4n) is 3.78. The maximum absolute atomic E-state index is 13.3. The minimum atomic E-state index is -1.49. The van der Waals surface area contributed by atoms with Crippen molar-refractivity contribution in [3.8, 4) is 0 Å². The first-order valence-corrected chi connectivity index (χ1v) is 15.3. The van der Waals surface area contributed by atoms with Crippen molar-refractivity contribution in [1.82, 2.24) is 0 Å². The van der Waals surface area contributed by atoms with E-state index in [1.54, 1.807) is 0 Å². The fourth-order valence-corrected chi connectivity index (χ4v) is 4.34. The highest BCUT2D eigenvalue weighted by molar-refractivity contribution is 6.76. The standard InChI is InChI=1S/C26H44O4Si/c1-9-21(22-13-11-10-12-14-22)15-16-26(4,24(28)30-20-31(6,7)8)18-17-25(2,3)19-23(27)29-5/h10-14,21H,9,15-20H2,1-8H3. The summed E-state index contributed by atoms with van der Waals surface area (Å²) < 4.78 is 10.7. The third-order valence-corrected chi connectivity index (χ3v) is 7.15. The third-order valence-electron chi connectivity index (χ3n) is 6.14. The van der Waals surface area contributed by atoms with E-state index in [0.29, 0.717) is 25.0 Å². The molecule has 0 saturated heterocycles. The van der Waals surface area contributed by atoms with Crippen molar-refractivity contribution in [2.24, 2.45) is 10.8 Å². The second-order valence-corrected chi connectivity index (χ2v) is 16.6. The van der Waals surface area contributed by atoms with Crippen LogP contribution in [0.4, 0.5) is 0 Å². The molecule has 0 aliphatic rings. The summed E-state index contributed by atoms with van der Waals surface area (Å²) in [6.45, 7) is 15.0. The van der Waals surface area contributed by atoms with Gasteiger partial charge in [0.2, 0.25) is 0 Å². The molecule has 31 heavy (non-hydrogen) atoms. The maximum atomic E-state index is 13.3. The lowest BCUT2D eigenvalue weighted by Gasteiger charge is -2.33. The molecule has 0 saturated carbocycles. The highest BCUT2D eigenvalue weighted by Gasteiger charge is 2.38. The summed E-state index contributed by atoms with van der Waals surface area (Å²) in [5, 5.41) is 0. The molecule has 1 aromatic carbocycles. The van der Waals surface area contributed by atoms with Crippen molar-refractivity contribution in [3.05, 3.63) is 35.9 Å². The van der Waals surface area contributed by atoms with Gasteiger partial charge in [-0.1, -0.05) is 70.7 Å². The minimum absolute atomic E-state index is 0.0910. The predicted octanol–water partition coefficient (Wildman–Crippen LogP) is 6.76. The van der Waals surface area contributed by atoms with E-state index in [4.69, 9.17) is 9.47 Å². The second-order valence-electron chi connectivity index (χ2n) is 11.2. The summed E-state index contributed by atoms with van der Waals surface area (Å²) in [4.78, 5) is 25.1. The van der Waals surface area contributed by atoms with Gasteiger partial charge < -0.3 is 9.47 Å². The zero-order valence-corrected chi connectivity index (χ0v) is 22.0. The van der Waals surface area contributed by atoms with Crippen LogP contribution in [-0.2, 0) is 19.1 Å². The van der Waals surface area contributed by atoms with E-state index in [2.05, 4.69) is 64.7 Å². The summed E-state index contributed by atoms with van der Waals surface area (Å²) in [5.41, 5.74) is 0.542. The van der Waals surface area contributed by atoms with Gasteiger partial charge in [0.1, 0.15) is 0 Å². The van der Waals surface area contributed by atoms with Crippen LogP contribution in [0.25, 0.3) is 0 Å². The van der Waals surface area contributed by atoms with Gasteiger partial charge in [-0.2, -0.15) is 0 Å². The first-order valence-electron chi connectivity index (χ1n) is 11.6. The molecule has 2 atom stereocenters. The lowest BCUT2D eigenvalue weighted by molar-refractivity contribution is -0.154. The van der Waals surface area contributed by atoms with Crippen LogP contribution in [0.3, 0.4) is 0 Å². The van der Waals surface area contributed by atoms with Gasteiger partial charge in [0.05, 0.1) is 33.2 Å². The molecule has 176 valence electrons. The zero-order chi connectivity index (χ0) is 23.7. The first-order chi connectivity index (χ1) is 14.3. The molecular weight excluding hydrogens is 404 g/mol. The molecule has 4 nitrogen and oxygen atoms in total. The van der Waals surface area contributed by atoms with Gasteiger partial charge in [-0.3, -0.25) is 9.59 Å². The van der Waals surface area contributed by atoms with Crippen LogP contribution in [-0.4, -0.2) is 33.4 Å². The third kappa shape index (κ3) is 10.0. The van der Waals surface area contributed by atoms with Crippen molar-refractivity contribution >= 4 is 20.0 Å². The Morgan fingerprint density at radius 3 is 2.13 bits per heavy atom. The van der Waals surface area contributed by atoms with Crippen molar-refractivity contribution in [3.63, 3.8) is 0 Å². The van der Waals surface area contributed by atoms with Crippen LogP contribution >= 0.6 is 0 Å².